The van der Waals surface area contributed by atoms with Crippen LogP contribution in [-0.4, -0.2) is 139 Å². The standard InChI is InChI=1S/C40H54N6O10/c1-4-40(23-53-24-40)25-56-35(48)14-13-29(38(51)44-16-18-45(19-17-44)39(52)54-5-2)43-36(49)31-21-33(28-12-11-26(3)20-30(28)42-31)55-22-34(47)46-15-7-10-32(46)37(50)41-27-8-6-9-27/h11-12,20-21,27,29,32H,4-10,13-19,22-25H2,1-3H3,(H,41,50)(H,43,49)/t29-,32-/m0/s1. The molecule has 0 unspecified atom stereocenters. The highest BCUT2D eigenvalue weighted by Gasteiger charge is 2.39. The molecule has 16 nitrogen and oxygen atoms in total. The monoisotopic (exact) mass is 778 g/mol. The van der Waals surface area contributed by atoms with Gasteiger partial charge < -0.3 is 44.3 Å². The second kappa shape index (κ2) is 18.3. The lowest BCUT2D eigenvalue weighted by Crippen LogP contribution is -2.56. The number of aromatic nitrogens is 1. The Bertz CT molecular complexity index is 1780. The maximum Gasteiger partial charge on any atom is 0.409 e. The summed E-state index contributed by atoms with van der Waals surface area (Å²) in [6, 6.07) is 5.40. The summed E-state index contributed by atoms with van der Waals surface area (Å²) in [4.78, 5) is 88.8. The summed E-state index contributed by atoms with van der Waals surface area (Å²) in [7, 11) is 0. The Labute approximate surface area is 326 Å². The first-order valence-electron chi connectivity index (χ1n) is 19.9. The number of hydrogen-bond donors (Lipinski definition) is 2. The molecule has 0 radical (unpaired) electrons. The Balaban J connectivity index is 1.16. The minimum atomic E-state index is -1.12. The molecular formula is C40H54N6O10. The van der Waals surface area contributed by atoms with Crippen LogP contribution in [0.3, 0.4) is 0 Å². The highest BCUT2D eigenvalue weighted by molar-refractivity contribution is 5.99. The third kappa shape index (κ3) is 9.68. The van der Waals surface area contributed by atoms with Crippen LogP contribution in [0.25, 0.3) is 10.9 Å². The SMILES string of the molecule is CCOC(=O)N1CCN(C(=O)[C@H](CCC(=O)OCC2(CC)COC2)NC(=O)c2cc(OCC(=O)N3CCC[C@H]3C(=O)NC3CCC3)c3ccc(C)cc3n2)CC1. The number of benzene rings is 1. The molecule has 3 saturated heterocycles. The summed E-state index contributed by atoms with van der Waals surface area (Å²) >= 11 is 0. The molecule has 1 saturated carbocycles. The number of likely N-dealkylation sites (tertiary alicyclic amines) is 1. The molecule has 0 bridgehead atoms. The minimum Gasteiger partial charge on any atom is -0.483 e. The second-order valence-electron chi connectivity index (χ2n) is 15.3. The summed E-state index contributed by atoms with van der Waals surface area (Å²) in [5, 5.41) is 6.44. The van der Waals surface area contributed by atoms with E-state index in [1.54, 1.807) is 28.9 Å². The van der Waals surface area contributed by atoms with Crippen molar-refractivity contribution >= 4 is 46.6 Å². The molecular weight excluding hydrogens is 724 g/mol. The lowest BCUT2D eigenvalue weighted by molar-refractivity contribution is -0.170. The van der Waals surface area contributed by atoms with Crippen molar-refractivity contribution in [2.45, 2.75) is 90.3 Å². The third-order valence-corrected chi connectivity index (χ3v) is 11.3. The van der Waals surface area contributed by atoms with Crippen molar-refractivity contribution in [2.24, 2.45) is 5.41 Å². The number of carbonyl (C=O) groups excluding carboxylic acids is 6. The number of pyridine rings is 1. The molecule has 304 valence electrons. The number of nitrogens with one attached hydrogen (secondary N) is 2. The number of amides is 5. The topological polar surface area (TPSA) is 186 Å². The van der Waals surface area contributed by atoms with Crippen LogP contribution in [0.2, 0.25) is 0 Å². The first-order chi connectivity index (χ1) is 27.0. The summed E-state index contributed by atoms with van der Waals surface area (Å²) in [5.41, 5.74) is 1.08. The van der Waals surface area contributed by atoms with Gasteiger partial charge in [-0.05, 0) is 76.5 Å². The summed E-state index contributed by atoms with van der Waals surface area (Å²) in [6.45, 7) is 8.12. The zero-order chi connectivity index (χ0) is 39.8. The molecule has 56 heavy (non-hydrogen) atoms. The first-order valence-corrected chi connectivity index (χ1v) is 19.9. The van der Waals surface area contributed by atoms with Crippen molar-refractivity contribution in [1.82, 2.24) is 30.3 Å². The van der Waals surface area contributed by atoms with Crippen molar-refractivity contribution in [3.05, 3.63) is 35.5 Å². The zero-order valence-electron chi connectivity index (χ0n) is 32.6. The molecule has 4 aliphatic rings. The molecule has 1 aromatic carbocycles. The molecule has 3 aliphatic heterocycles. The van der Waals surface area contributed by atoms with Crippen LogP contribution < -0.4 is 15.4 Å². The zero-order valence-corrected chi connectivity index (χ0v) is 32.6. The Hall–Kier alpha value is -4.99. The van der Waals surface area contributed by atoms with Gasteiger partial charge in [-0.2, -0.15) is 0 Å². The van der Waals surface area contributed by atoms with E-state index < -0.39 is 36.0 Å². The number of ether oxygens (including phenoxy) is 4. The van der Waals surface area contributed by atoms with Crippen molar-refractivity contribution in [3.8, 4) is 5.75 Å². The highest BCUT2D eigenvalue weighted by atomic mass is 16.6. The molecule has 4 fully saturated rings. The highest BCUT2D eigenvalue weighted by Crippen LogP contribution is 2.32. The van der Waals surface area contributed by atoms with Crippen LogP contribution in [-0.2, 0) is 33.4 Å². The molecule has 0 spiro atoms. The van der Waals surface area contributed by atoms with E-state index in [2.05, 4.69) is 15.6 Å². The fourth-order valence-corrected chi connectivity index (χ4v) is 7.33. The molecule has 1 aromatic heterocycles. The molecule has 2 N–H and O–H groups in total. The van der Waals surface area contributed by atoms with Gasteiger partial charge in [0.2, 0.25) is 11.8 Å². The van der Waals surface area contributed by atoms with Crippen LogP contribution in [0.5, 0.6) is 5.75 Å². The number of piperazine rings is 1. The maximum atomic E-state index is 14.0. The van der Waals surface area contributed by atoms with Crippen LogP contribution in [0.1, 0.15) is 81.3 Å². The van der Waals surface area contributed by atoms with E-state index in [1.807, 2.05) is 19.9 Å². The summed E-state index contributed by atoms with van der Waals surface area (Å²) < 4.78 is 22.1. The maximum absolute atomic E-state index is 14.0. The van der Waals surface area contributed by atoms with E-state index in [9.17, 15) is 28.8 Å². The summed E-state index contributed by atoms with van der Waals surface area (Å²) in [5.74, 6) is -1.81. The van der Waals surface area contributed by atoms with Gasteiger partial charge in [-0.3, -0.25) is 24.0 Å². The Morgan fingerprint density at radius 3 is 2.36 bits per heavy atom. The molecule has 1 aliphatic carbocycles. The van der Waals surface area contributed by atoms with Gasteiger partial charge in [0.25, 0.3) is 11.8 Å². The lowest BCUT2D eigenvalue weighted by Gasteiger charge is -2.40. The largest absolute Gasteiger partial charge is 0.483 e. The molecule has 5 amide bonds. The van der Waals surface area contributed by atoms with Gasteiger partial charge >= 0.3 is 12.1 Å². The smallest absolute Gasteiger partial charge is 0.409 e. The normalized spacial score (nSPS) is 19.7. The van der Waals surface area contributed by atoms with Gasteiger partial charge in [0, 0.05) is 56.6 Å². The molecule has 4 heterocycles. The second-order valence-corrected chi connectivity index (χ2v) is 15.3. The lowest BCUT2D eigenvalue weighted by atomic mass is 9.84. The quantitative estimate of drug-likeness (QED) is 0.254. The van der Waals surface area contributed by atoms with Gasteiger partial charge in [-0.15, -0.1) is 0 Å². The summed E-state index contributed by atoms with van der Waals surface area (Å²) in [6.07, 6.45) is 4.46. The van der Waals surface area contributed by atoms with Gasteiger partial charge in [0.15, 0.2) is 6.61 Å². The number of aryl methyl sites for hydroxylation is 1. The van der Waals surface area contributed by atoms with Gasteiger partial charge in [-0.25, -0.2) is 9.78 Å². The molecule has 2 aromatic rings. The van der Waals surface area contributed by atoms with Crippen molar-refractivity contribution in [3.63, 3.8) is 0 Å². The third-order valence-electron chi connectivity index (χ3n) is 11.3. The average Bonchev–Trinajstić information content (AvgIpc) is 3.66. The number of carbonyl (C=O) groups is 6. The van der Waals surface area contributed by atoms with Crippen LogP contribution >= 0.6 is 0 Å². The Morgan fingerprint density at radius 2 is 1.70 bits per heavy atom. The Morgan fingerprint density at radius 1 is 0.946 bits per heavy atom. The van der Waals surface area contributed by atoms with E-state index in [-0.39, 0.29) is 93.6 Å². The van der Waals surface area contributed by atoms with Crippen LogP contribution in [0.15, 0.2) is 24.3 Å². The number of hydrogen-bond acceptors (Lipinski definition) is 11. The minimum absolute atomic E-state index is 0.0347. The van der Waals surface area contributed by atoms with E-state index in [0.29, 0.717) is 43.5 Å². The number of nitrogens with zero attached hydrogens (tertiary/aromatic N) is 4. The number of esters is 1. The fraction of sp³-hybridized carbons (Fsp3) is 0.625. The van der Waals surface area contributed by atoms with E-state index in [1.165, 1.54) is 11.0 Å². The van der Waals surface area contributed by atoms with Gasteiger partial charge in [-0.1, -0.05) is 13.0 Å². The number of rotatable bonds is 15. The predicted octanol–water partition coefficient (Wildman–Crippen LogP) is 2.73. The van der Waals surface area contributed by atoms with Crippen molar-refractivity contribution < 1.29 is 47.7 Å². The molecule has 2 atom stereocenters. The van der Waals surface area contributed by atoms with E-state index in [4.69, 9.17) is 18.9 Å². The Kier molecular flexibility index (Phi) is 13.3. The molecule has 6 rings (SSSR count). The van der Waals surface area contributed by atoms with Crippen LogP contribution in [0, 0.1) is 12.3 Å². The van der Waals surface area contributed by atoms with E-state index in [0.717, 1.165) is 31.2 Å². The first kappa shape index (κ1) is 40.7. The number of fused-ring (bicyclic) bond motifs is 1. The van der Waals surface area contributed by atoms with Gasteiger partial charge in [0.05, 0.1) is 30.8 Å². The van der Waals surface area contributed by atoms with Gasteiger partial charge in [0.1, 0.15) is 30.1 Å². The fourth-order valence-electron chi connectivity index (χ4n) is 7.33. The average molecular weight is 779 g/mol. The van der Waals surface area contributed by atoms with Crippen LogP contribution in [0.4, 0.5) is 4.79 Å². The van der Waals surface area contributed by atoms with Crippen molar-refractivity contribution in [1.29, 1.82) is 0 Å². The molecule has 16 heteroatoms. The van der Waals surface area contributed by atoms with Crippen molar-refractivity contribution in [2.75, 3.05) is 65.8 Å². The predicted molar refractivity (Wildman–Crippen MR) is 203 cm³/mol. The van der Waals surface area contributed by atoms with E-state index >= 15 is 0 Å².